The smallest absolute Gasteiger partial charge is 0.151 e. The van der Waals surface area contributed by atoms with Gasteiger partial charge in [0.05, 0.1) is 11.9 Å². The van der Waals surface area contributed by atoms with Gasteiger partial charge in [0.1, 0.15) is 5.82 Å². The van der Waals surface area contributed by atoms with Crippen LogP contribution in [-0.2, 0) is 6.54 Å². The van der Waals surface area contributed by atoms with E-state index >= 15 is 0 Å². The quantitative estimate of drug-likeness (QED) is 0.859. The highest BCUT2D eigenvalue weighted by Crippen LogP contribution is 2.14. The number of hydrogen-bond donors (Lipinski definition) is 0. The molecule has 1 aliphatic rings. The molecule has 0 aliphatic carbocycles. The second-order valence-electron chi connectivity index (χ2n) is 5.31. The number of hydrogen-bond acceptors (Lipinski definition) is 5. The van der Waals surface area contributed by atoms with Crippen molar-refractivity contribution in [2.75, 3.05) is 31.1 Å². The molecule has 0 bridgehead atoms. The molecule has 0 unspecified atom stereocenters. The van der Waals surface area contributed by atoms with Gasteiger partial charge in [0.15, 0.2) is 5.82 Å². The monoisotopic (exact) mass is 287 g/mol. The fourth-order valence-corrected chi connectivity index (χ4v) is 2.50. The minimum Gasteiger partial charge on any atom is -0.353 e. The lowest BCUT2D eigenvalue weighted by atomic mass is 10.2. The summed E-state index contributed by atoms with van der Waals surface area (Å²) in [6, 6.07) is 5.53. The van der Waals surface area contributed by atoms with Crippen LogP contribution in [0.4, 0.5) is 10.2 Å². The summed E-state index contributed by atoms with van der Waals surface area (Å²) < 4.78 is 13.1. The van der Waals surface area contributed by atoms with Gasteiger partial charge >= 0.3 is 0 Å². The largest absolute Gasteiger partial charge is 0.353 e. The number of halogens is 1. The highest BCUT2D eigenvalue weighted by Gasteiger charge is 2.18. The predicted octanol–water partition coefficient (Wildman–Crippen LogP) is 1.64. The number of aromatic nitrogens is 3. The summed E-state index contributed by atoms with van der Waals surface area (Å²) in [5, 5.41) is 8.32. The Labute approximate surface area is 123 Å². The lowest BCUT2D eigenvalue weighted by molar-refractivity contribution is 0.248. The molecule has 21 heavy (non-hydrogen) atoms. The van der Waals surface area contributed by atoms with Gasteiger partial charge in [0, 0.05) is 38.9 Å². The Morgan fingerprint density at radius 3 is 2.57 bits per heavy atom. The minimum atomic E-state index is -0.277. The topological polar surface area (TPSA) is 45.2 Å². The molecular formula is C15H18FN5. The summed E-state index contributed by atoms with van der Waals surface area (Å²) in [7, 11) is 0. The third-order valence-corrected chi connectivity index (χ3v) is 3.65. The first-order chi connectivity index (χ1) is 10.2. The van der Waals surface area contributed by atoms with Crippen molar-refractivity contribution < 1.29 is 4.39 Å². The third kappa shape index (κ3) is 3.52. The molecule has 6 heteroatoms. The van der Waals surface area contributed by atoms with Crippen molar-refractivity contribution >= 4 is 5.82 Å². The van der Waals surface area contributed by atoms with Crippen LogP contribution < -0.4 is 4.90 Å². The maximum Gasteiger partial charge on any atom is 0.151 e. The van der Waals surface area contributed by atoms with E-state index in [1.165, 1.54) is 6.20 Å². The second kappa shape index (κ2) is 6.13. The summed E-state index contributed by atoms with van der Waals surface area (Å²) in [6.45, 7) is 6.32. The first-order valence-corrected chi connectivity index (χ1v) is 7.08. The standard InChI is InChI=1S/C15H18FN5/c1-12-2-3-15(19-18-12)21-6-4-20(5-7-21)11-13-8-14(16)10-17-9-13/h2-3,8-10H,4-7,11H2,1H3. The Morgan fingerprint density at radius 2 is 1.90 bits per heavy atom. The van der Waals surface area contributed by atoms with Crippen LogP contribution >= 0.6 is 0 Å². The second-order valence-corrected chi connectivity index (χ2v) is 5.31. The highest BCUT2D eigenvalue weighted by atomic mass is 19.1. The first-order valence-electron chi connectivity index (χ1n) is 7.08. The zero-order chi connectivity index (χ0) is 14.7. The Morgan fingerprint density at radius 1 is 1.10 bits per heavy atom. The molecule has 3 rings (SSSR count). The predicted molar refractivity (Wildman–Crippen MR) is 78.5 cm³/mol. The summed E-state index contributed by atoms with van der Waals surface area (Å²) in [5.41, 5.74) is 1.84. The Kier molecular flexibility index (Phi) is 4.06. The third-order valence-electron chi connectivity index (χ3n) is 3.65. The molecule has 3 heterocycles. The minimum absolute atomic E-state index is 0.277. The van der Waals surface area contributed by atoms with E-state index in [9.17, 15) is 4.39 Å². The highest BCUT2D eigenvalue weighted by molar-refractivity contribution is 5.37. The van der Waals surface area contributed by atoms with Crippen molar-refractivity contribution in [2.45, 2.75) is 13.5 Å². The summed E-state index contributed by atoms with van der Waals surface area (Å²) >= 11 is 0. The number of rotatable bonds is 3. The van der Waals surface area contributed by atoms with Gasteiger partial charge in [0.25, 0.3) is 0 Å². The van der Waals surface area contributed by atoms with E-state index in [2.05, 4.69) is 25.0 Å². The molecule has 110 valence electrons. The van der Waals surface area contributed by atoms with E-state index in [0.717, 1.165) is 49.8 Å². The van der Waals surface area contributed by atoms with Crippen LogP contribution in [0.15, 0.2) is 30.6 Å². The molecule has 0 atom stereocenters. The summed E-state index contributed by atoms with van der Waals surface area (Å²) in [5.74, 6) is 0.647. The van der Waals surface area contributed by atoms with E-state index in [-0.39, 0.29) is 5.82 Å². The van der Waals surface area contributed by atoms with E-state index in [1.807, 2.05) is 19.1 Å². The maximum atomic E-state index is 13.1. The molecule has 0 spiro atoms. The molecule has 0 aromatic carbocycles. The summed E-state index contributed by atoms with van der Waals surface area (Å²) in [4.78, 5) is 8.42. The number of aryl methyl sites for hydroxylation is 1. The molecule has 2 aromatic rings. The van der Waals surface area contributed by atoms with Gasteiger partial charge in [-0.25, -0.2) is 4.39 Å². The van der Waals surface area contributed by atoms with Crippen molar-refractivity contribution in [1.82, 2.24) is 20.1 Å². The molecule has 0 radical (unpaired) electrons. The van der Waals surface area contributed by atoms with Crippen LogP contribution in [0.3, 0.4) is 0 Å². The molecule has 5 nitrogen and oxygen atoms in total. The lowest BCUT2D eigenvalue weighted by Gasteiger charge is -2.35. The van der Waals surface area contributed by atoms with Crippen molar-refractivity contribution in [3.05, 3.63) is 47.7 Å². The Balaban J connectivity index is 1.56. The van der Waals surface area contributed by atoms with Crippen molar-refractivity contribution in [3.63, 3.8) is 0 Å². The average molecular weight is 287 g/mol. The maximum absolute atomic E-state index is 13.1. The van der Waals surface area contributed by atoms with E-state index in [4.69, 9.17) is 0 Å². The Bertz CT molecular complexity index is 593. The lowest BCUT2D eigenvalue weighted by Crippen LogP contribution is -2.46. The normalized spacial score (nSPS) is 16.2. The van der Waals surface area contributed by atoms with Gasteiger partial charge < -0.3 is 4.90 Å². The van der Waals surface area contributed by atoms with Crippen LogP contribution in [0.1, 0.15) is 11.3 Å². The Hall–Kier alpha value is -2.08. The number of anilines is 1. The molecule has 1 saturated heterocycles. The zero-order valence-electron chi connectivity index (χ0n) is 12.0. The SMILES string of the molecule is Cc1ccc(N2CCN(Cc3cncc(F)c3)CC2)nn1. The van der Waals surface area contributed by atoms with Crippen LogP contribution in [0, 0.1) is 12.7 Å². The molecule has 1 fully saturated rings. The van der Waals surface area contributed by atoms with Crippen molar-refractivity contribution in [1.29, 1.82) is 0 Å². The van der Waals surface area contributed by atoms with E-state index < -0.39 is 0 Å². The van der Waals surface area contributed by atoms with Gasteiger partial charge in [0.2, 0.25) is 0 Å². The average Bonchev–Trinajstić information content (AvgIpc) is 2.49. The van der Waals surface area contributed by atoms with E-state index in [1.54, 1.807) is 12.3 Å². The molecule has 2 aromatic heterocycles. The van der Waals surface area contributed by atoms with Gasteiger partial charge in [-0.1, -0.05) is 0 Å². The van der Waals surface area contributed by atoms with Crippen LogP contribution in [-0.4, -0.2) is 46.3 Å². The first kappa shape index (κ1) is 13.9. The van der Waals surface area contributed by atoms with Crippen molar-refractivity contribution in [2.24, 2.45) is 0 Å². The summed E-state index contributed by atoms with van der Waals surface area (Å²) in [6.07, 6.45) is 2.96. The molecule has 0 saturated carbocycles. The van der Waals surface area contributed by atoms with Gasteiger partial charge in [-0.2, -0.15) is 5.10 Å². The van der Waals surface area contributed by atoms with Crippen LogP contribution in [0.5, 0.6) is 0 Å². The van der Waals surface area contributed by atoms with Gasteiger partial charge in [-0.05, 0) is 30.7 Å². The number of piperazine rings is 1. The van der Waals surface area contributed by atoms with Crippen LogP contribution in [0.25, 0.3) is 0 Å². The molecule has 1 aliphatic heterocycles. The van der Waals surface area contributed by atoms with Gasteiger partial charge in [-0.3, -0.25) is 9.88 Å². The molecule has 0 N–H and O–H groups in total. The van der Waals surface area contributed by atoms with Gasteiger partial charge in [-0.15, -0.1) is 5.10 Å². The number of pyridine rings is 1. The number of nitrogens with zero attached hydrogens (tertiary/aromatic N) is 5. The van der Waals surface area contributed by atoms with Crippen molar-refractivity contribution in [3.8, 4) is 0 Å². The van der Waals surface area contributed by atoms with Crippen LogP contribution in [0.2, 0.25) is 0 Å². The fourth-order valence-electron chi connectivity index (χ4n) is 2.50. The zero-order valence-corrected chi connectivity index (χ0v) is 12.0. The van der Waals surface area contributed by atoms with E-state index in [0.29, 0.717) is 0 Å². The molecular weight excluding hydrogens is 269 g/mol. The molecule has 0 amide bonds. The fraction of sp³-hybridized carbons (Fsp3) is 0.400.